The summed E-state index contributed by atoms with van der Waals surface area (Å²) in [5, 5.41) is 8.17. The molecule has 0 saturated carbocycles. The molecule has 7 nitrogen and oxygen atoms in total. The van der Waals surface area contributed by atoms with Gasteiger partial charge in [0.25, 0.3) is 0 Å². The summed E-state index contributed by atoms with van der Waals surface area (Å²) in [6.45, 7) is 4.26. The Bertz CT molecular complexity index is 292. The SMILES string of the molecule is COCCNC(=O)CNC(=O)COC1(C)CNC1. The third-order valence-corrected chi connectivity index (χ3v) is 2.62. The fraction of sp³-hybridized carbons (Fsp3) is 0.818. The lowest BCUT2D eigenvalue weighted by Crippen LogP contribution is -2.59. The van der Waals surface area contributed by atoms with Gasteiger partial charge in [-0.2, -0.15) is 0 Å². The highest BCUT2D eigenvalue weighted by Gasteiger charge is 2.32. The van der Waals surface area contributed by atoms with Crippen LogP contribution in [0.15, 0.2) is 0 Å². The van der Waals surface area contributed by atoms with Gasteiger partial charge in [0, 0.05) is 26.7 Å². The molecular formula is C11H21N3O4. The highest BCUT2D eigenvalue weighted by Crippen LogP contribution is 2.14. The number of carbonyl (C=O) groups excluding carboxylic acids is 2. The van der Waals surface area contributed by atoms with E-state index < -0.39 is 0 Å². The van der Waals surface area contributed by atoms with Gasteiger partial charge >= 0.3 is 0 Å². The average molecular weight is 259 g/mol. The van der Waals surface area contributed by atoms with Crippen LogP contribution in [0.5, 0.6) is 0 Å². The van der Waals surface area contributed by atoms with E-state index in [9.17, 15) is 9.59 Å². The highest BCUT2D eigenvalue weighted by atomic mass is 16.5. The first-order chi connectivity index (χ1) is 8.56. The van der Waals surface area contributed by atoms with Crippen LogP contribution in [0.25, 0.3) is 0 Å². The molecule has 0 aliphatic carbocycles. The van der Waals surface area contributed by atoms with Gasteiger partial charge in [0.2, 0.25) is 11.8 Å². The van der Waals surface area contributed by atoms with Gasteiger partial charge in [-0.1, -0.05) is 0 Å². The number of carbonyl (C=O) groups is 2. The largest absolute Gasteiger partial charge is 0.383 e. The molecule has 1 aliphatic heterocycles. The van der Waals surface area contributed by atoms with Crippen LogP contribution in [-0.2, 0) is 19.1 Å². The zero-order valence-corrected chi connectivity index (χ0v) is 10.9. The molecule has 0 spiro atoms. The molecule has 0 radical (unpaired) electrons. The minimum absolute atomic E-state index is 0.0243. The van der Waals surface area contributed by atoms with Crippen LogP contribution in [0.1, 0.15) is 6.92 Å². The number of amides is 2. The second kappa shape index (κ2) is 7.30. The molecule has 0 bridgehead atoms. The summed E-state index contributed by atoms with van der Waals surface area (Å²) in [6, 6.07) is 0. The van der Waals surface area contributed by atoms with Gasteiger partial charge in [0.1, 0.15) is 6.61 Å². The fourth-order valence-corrected chi connectivity index (χ4v) is 1.40. The number of hydrogen-bond acceptors (Lipinski definition) is 5. The summed E-state index contributed by atoms with van der Waals surface area (Å²) in [5.74, 6) is -0.526. The molecule has 0 unspecified atom stereocenters. The first-order valence-electron chi connectivity index (χ1n) is 5.93. The zero-order chi connectivity index (χ0) is 13.4. The molecule has 0 aromatic heterocycles. The van der Waals surface area contributed by atoms with E-state index in [2.05, 4.69) is 16.0 Å². The third-order valence-electron chi connectivity index (χ3n) is 2.62. The maximum absolute atomic E-state index is 11.4. The third kappa shape index (κ3) is 5.44. The van der Waals surface area contributed by atoms with Gasteiger partial charge in [-0.3, -0.25) is 9.59 Å². The number of rotatable bonds is 8. The van der Waals surface area contributed by atoms with E-state index in [1.54, 1.807) is 7.11 Å². The maximum atomic E-state index is 11.4. The molecule has 18 heavy (non-hydrogen) atoms. The molecule has 2 amide bonds. The van der Waals surface area contributed by atoms with Crippen molar-refractivity contribution >= 4 is 11.8 Å². The summed E-state index contributed by atoms with van der Waals surface area (Å²) in [5.41, 5.74) is -0.252. The van der Waals surface area contributed by atoms with E-state index in [1.807, 2.05) is 6.92 Å². The van der Waals surface area contributed by atoms with Gasteiger partial charge in [-0.05, 0) is 6.92 Å². The molecule has 1 fully saturated rings. The summed E-state index contributed by atoms with van der Waals surface area (Å²) < 4.78 is 10.2. The molecule has 0 aromatic rings. The Hall–Kier alpha value is -1.18. The van der Waals surface area contributed by atoms with Crippen molar-refractivity contribution in [2.45, 2.75) is 12.5 Å². The van der Waals surface area contributed by atoms with Crippen LogP contribution < -0.4 is 16.0 Å². The van der Waals surface area contributed by atoms with Crippen LogP contribution in [0.2, 0.25) is 0 Å². The Labute approximate surface area is 107 Å². The first-order valence-corrected chi connectivity index (χ1v) is 5.93. The van der Waals surface area contributed by atoms with Gasteiger partial charge in [-0.15, -0.1) is 0 Å². The number of ether oxygens (including phenoxy) is 2. The molecule has 3 N–H and O–H groups in total. The predicted octanol–water partition coefficient (Wildman–Crippen LogP) is -1.76. The van der Waals surface area contributed by atoms with E-state index in [-0.39, 0.29) is 30.6 Å². The molecule has 0 aromatic carbocycles. The van der Waals surface area contributed by atoms with E-state index in [1.165, 1.54) is 0 Å². The number of methoxy groups -OCH3 is 1. The van der Waals surface area contributed by atoms with Crippen molar-refractivity contribution in [2.24, 2.45) is 0 Å². The monoisotopic (exact) mass is 259 g/mol. The first kappa shape index (κ1) is 14.9. The van der Waals surface area contributed by atoms with E-state index in [4.69, 9.17) is 9.47 Å². The Morgan fingerprint density at radius 3 is 2.56 bits per heavy atom. The Balaban J connectivity index is 2.03. The van der Waals surface area contributed by atoms with Gasteiger partial charge in [-0.25, -0.2) is 0 Å². The summed E-state index contributed by atoms with van der Waals surface area (Å²) in [4.78, 5) is 22.7. The number of nitrogens with one attached hydrogen (secondary N) is 3. The molecule has 1 rings (SSSR count). The fourth-order valence-electron chi connectivity index (χ4n) is 1.40. The molecule has 1 aliphatic rings. The van der Waals surface area contributed by atoms with Crippen molar-refractivity contribution < 1.29 is 19.1 Å². The zero-order valence-electron chi connectivity index (χ0n) is 10.9. The summed E-state index contributed by atoms with van der Waals surface area (Å²) >= 11 is 0. The quantitative estimate of drug-likeness (QED) is 0.450. The Morgan fingerprint density at radius 1 is 1.28 bits per heavy atom. The molecule has 0 atom stereocenters. The molecular weight excluding hydrogens is 238 g/mol. The lowest BCUT2D eigenvalue weighted by Gasteiger charge is -2.38. The standard InChI is InChI=1S/C11H21N3O4/c1-11(7-12-8-11)18-6-10(16)14-5-9(15)13-3-4-17-2/h12H,3-8H2,1-2H3,(H,13,15)(H,14,16). The second-order valence-corrected chi connectivity index (χ2v) is 4.46. The van der Waals surface area contributed by atoms with Crippen LogP contribution >= 0.6 is 0 Å². The van der Waals surface area contributed by atoms with Crippen molar-refractivity contribution in [3.8, 4) is 0 Å². The Morgan fingerprint density at radius 2 is 2.00 bits per heavy atom. The van der Waals surface area contributed by atoms with Gasteiger partial charge in [0.15, 0.2) is 0 Å². The molecule has 1 heterocycles. The predicted molar refractivity (Wildman–Crippen MR) is 65.1 cm³/mol. The second-order valence-electron chi connectivity index (χ2n) is 4.46. The maximum Gasteiger partial charge on any atom is 0.246 e. The lowest BCUT2D eigenvalue weighted by molar-refractivity contribution is -0.137. The molecule has 7 heteroatoms. The highest BCUT2D eigenvalue weighted by molar-refractivity contribution is 5.85. The van der Waals surface area contributed by atoms with E-state index in [0.29, 0.717) is 13.2 Å². The van der Waals surface area contributed by atoms with Crippen molar-refractivity contribution in [3.63, 3.8) is 0 Å². The van der Waals surface area contributed by atoms with Crippen molar-refractivity contribution in [3.05, 3.63) is 0 Å². The Kier molecular flexibility index (Phi) is 6.03. The van der Waals surface area contributed by atoms with Crippen molar-refractivity contribution in [1.29, 1.82) is 0 Å². The number of hydrogen-bond donors (Lipinski definition) is 3. The van der Waals surface area contributed by atoms with E-state index >= 15 is 0 Å². The van der Waals surface area contributed by atoms with Crippen LogP contribution in [0.4, 0.5) is 0 Å². The lowest BCUT2D eigenvalue weighted by atomic mass is 10.0. The topological polar surface area (TPSA) is 88.7 Å². The van der Waals surface area contributed by atoms with Crippen LogP contribution in [0.3, 0.4) is 0 Å². The summed E-state index contributed by atoms with van der Waals surface area (Å²) in [6.07, 6.45) is 0. The van der Waals surface area contributed by atoms with Crippen molar-refractivity contribution in [1.82, 2.24) is 16.0 Å². The smallest absolute Gasteiger partial charge is 0.246 e. The van der Waals surface area contributed by atoms with Gasteiger partial charge < -0.3 is 25.4 Å². The molecule has 104 valence electrons. The van der Waals surface area contributed by atoms with Crippen molar-refractivity contribution in [2.75, 3.05) is 46.5 Å². The average Bonchev–Trinajstić information content (AvgIpc) is 2.32. The minimum atomic E-state index is -0.287. The van der Waals surface area contributed by atoms with E-state index in [0.717, 1.165) is 13.1 Å². The summed E-state index contributed by atoms with van der Waals surface area (Å²) in [7, 11) is 1.56. The van der Waals surface area contributed by atoms with Crippen LogP contribution in [0, 0.1) is 0 Å². The van der Waals surface area contributed by atoms with Gasteiger partial charge in [0.05, 0.1) is 18.8 Å². The minimum Gasteiger partial charge on any atom is -0.383 e. The van der Waals surface area contributed by atoms with Crippen LogP contribution in [-0.4, -0.2) is 63.9 Å². The molecule has 1 saturated heterocycles. The normalized spacial score (nSPS) is 16.8.